The van der Waals surface area contributed by atoms with Crippen molar-refractivity contribution in [2.24, 2.45) is 0 Å². The average molecular weight is 507 g/mol. The molecule has 3 nitrogen and oxygen atoms in total. The van der Waals surface area contributed by atoms with Crippen LogP contribution in [0.15, 0.2) is 115 Å². The van der Waals surface area contributed by atoms with Gasteiger partial charge in [0.1, 0.15) is 23.2 Å². The van der Waals surface area contributed by atoms with Crippen molar-refractivity contribution in [3.63, 3.8) is 0 Å². The first-order chi connectivity index (χ1) is 18.2. The molecule has 186 valence electrons. The highest BCUT2D eigenvalue weighted by Gasteiger charge is 2.44. The summed E-state index contributed by atoms with van der Waals surface area (Å²) < 4.78 is 0. The van der Waals surface area contributed by atoms with Gasteiger partial charge in [-0.1, -0.05) is 79.6 Å². The van der Waals surface area contributed by atoms with Crippen LogP contribution < -0.4 is 15.9 Å². The number of hydrogen-bond donors (Lipinski definition) is 0. The molecule has 0 saturated carbocycles. The van der Waals surface area contributed by atoms with Gasteiger partial charge in [0, 0.05) is 6.54 Å². The zero-order chi connectivity index (χ0) is 25.5. The number of unbranched alkanes of at least 4 members (excludes halogenated alkanes) is 4. The van der Waals surface area contributed by atoms with Crippen LogP contribution in [0, 0.1) is 0 Å². The summed E-state index contributed by atoms with van der Waals surface area (Å²) in [6.07, 6.45) is 6.36. The zero-order valence-electron chi connectivity index (χ0n) is 21.1. The largest absolute Gasteiger partial charge is 0.274 e. The van der Waals surface area contributed by atoms with Crippen LogP contribution in [-0.2, 0) is 0 Å². The van der Waals surface area contributed by atoms with Crippen LogP contribution in [0.2, 0.25) is 0 Å². The van der Waals surface area contributed by atoms with E-state index in [-0.39, 0.29) is 11.8 Å². The molecule has 37 heavy (non-hydrogen) atoms. The maximum atomic E-state index is 12.6. The Bertz CT molecular complexity index is 1210. The van der Waals surface area contributed by atoms with Crippen LogP contribution in [0.25, 0.3) is 0 Å². The van der Waals surface area contributed by atoms with Crippen molar-refractivity contribution in [2.75, 3.05) is 12.7 Å². The Balaban J connectivity index is 1.23. The van der Waals surface area contributed by atoms with E-state index in [2.05, 4.69) is 91.0 Å². The van der Waals surface area contributed by atoms with Crippen LogP contribution in [0.3, 0.4) is 0 Å². The van der Waals surface area contributed by atoms with Crippen LogP contribution in [-0.4, -0.2) is 29.4 Å². The average Bonchev–Trinajstić information content (AvgIpc) is 3.21. The Labute approximate surface area is 220 Å². The van der Waals surface area contributed by atoms with E-state index in [4.69, 9.17) is 0 Å². The van der Waals surface area contributed by atoms with Crippen molar-refractivity contribution in [1.82, 2.24) is 4.90 Å². The molecular weight excluding hydrogens is 473 g/mol. The molecule has 2 amide bonds. The molecule has 5 rings (SSSR count). The minimum absolute atomic E-state index is 0.149. The monoisotopic (exact) mass is 506 g/mol. The van der Waals surface area contributed by atoms with Crippen molar-refractivity contribution < 1.29 is 9.59 Å². The summed E-state index contributed by atoms with van der Waals surface area (Å²) in [5.74, 6) is -0.299. The Hall–Kier alpha value is -3.55. The van der Waals surface area contributed by atoms with E-state index in [0.717, 1.165) is 38.3 Å². The van der Waals surface area contributed by atoms with Crippen molar-refractivity contribution in [1.29, 1.82) is 0 Å². The Morgan fingerprint density at radius 2 is 0.838 bits per heavy atom. The number of imide groups is 1. The highest BCUT2D eigenvalue weighted by atomic mass is 31.2. The van der Waals surface area contributed by atoms with Crippen LogP contribution in [0.1, 0.15) is 52.8 Å². The molecule has 4 heteroatoms. The lowest BCUT2D eigenvalue weighted by atomic mass is 10.1. The molecule has 0 spiro atoms. The summed E-state index contributed by atoms with van der Waals surface area (Å²) in [6.45, 7) is 0.501. The Morgan fingerprint density at radius 3 is 1.30 bits per heavy atom. The first-order valence-electron chi connectivity index (χ1n) is 13.2. The standard InChI is InChI=1S/C33H33NO2P/c35-32-30-23-13-14-24-31(30)33(36)34(32)25-15-2-1-3-16-26-37(27-17-7-4-8-18-27,28-19-9-5-10-20-28)29-21-11-6-12-22-29/h4-14,17-24H,1-3,15-16,25-26H2/q+1. The van der Waals surface area contributed by atoms with Gasteiger partial charge < -0.3 is 0 Å². The van der Waals surface area contributed by atoms with Gasteiger partial charge in [0.2, 0.25) is 0 Å². The highest BCUT2D eigenvalue weighted by Crippen LogP contribution is 2.56. The zero-order valence-corrected chi connectivity index (χ0v) is 22.0. The van der Waals surface area contributed by atoms with E-state index in [1.54, 1.807) is 12.1 Å². The molecule has 1 aliphatic rings. The topological polar surface area (TPSA) is 37.4 Å². The molecule has 0 aliphatic carbocycles. The van der Waals surface area contributed by atoms with Gasteiger partial charge in [0.25, 0.3) is 11.8 Å². The lowest BCUT2D eigenvalue weighted by Crippen LogP contribution is -2.33. The van der Waals surface area contributed by atoms with Crippen LogP contribution in [0.4, 0.5) is 0 Å². The molecule has 1 aliphatic heterocycles. The van der Waals surface area contributed by atoms with Gasteiger partial charge in [-0.2, -0.15) is 0 Å². The third-order valence-electron chi connectivity index (χ3n) is 7.34. The molecule has 0 saturated heterocycles. The van der Waals surface area contributed by atoms with Crippen molar-refractivity contribution in [3.8, 4) is 0 Å². The molecule has 0 N–H and O–H groups in total. The maximum absolute atomic E-state index is 12.6. The summed E-state index contributed by atoms with van der Waals surface area (Å²) in [4.78, 5) is 26.6. The van der Waals surface area contributed by atoms with E-state index in [9.17, 15) is 9.59 Å². The fourth-order valence-electron chi connectivity index (χ4n) is 5.47. The SMILES string of the molecule is O=C1c2ccccc2C(=O)N1CCCCCCC[P+](c1ccccc1)(c1ccccc1)c1ccccc1. The number of hydrogen-bond acceptors (Lipinski definition) is 2. The molecule has 0 radical (unpaired) electrons. The predicted molar refractivity (Wildman–Crippen MR) is 155 cm³/mol. The lowest BCUT2D eigenvalue weighted by molar-refractivity contribution is 0.0651. The van der Waals surface area contributed by atoms with Crippen molar-refractivity contribution in [2.45, 2.75) is 32.1 Å². The van der Waals surface area contributed by atoms with Gasteiger partial charge in [-0.15, -0.1) is 0 Å². The van der Waals surface area contributed by atoms with Crippen LogP contribution in [0.5, 0.6) is 0 Å². The normalized spacial score (nSPS) is 13.1. The summed E-state index contributed by atoms with van der Waals surface area (Å²) >= 11 is 0. The molecule has 0 unspecified atom stereocenters. The fraction of sp³-hybridized carbons (Fsp3) is 0.212. The molecule has 1 heterocycles. The third kappa shape index (κ3) is 5.15. The number of fused-ring (bicyclic) bond motifs is 1. The van der Waals surface area contributed by atoms with Crippen LogP contribution >= 0.6 is 7.26 Å². The smallest absolute Gasteiger partial charge is 0.261 e. The second-order valence-electron chi connectivity index (χ2n) is 9.62. The van der Waals surface area contributed by atoms with Gasteiger partial charge in [-0.3, -0.25) is 14.5 Å². The van der Waals surface area contributed by atoms with Crippen molar-refractivity contribution in [3.05, 3.63) is 126 Å². The van der Waals surface area contributed by atoms with E-state index < -0.39 is 7.26 Å². The number of nitrogens with zero attached hydrogens (tertiary/aromatic N) is 1. The van der Waals surface area contributed by atoms with Gasteiger partial charge in [-0.05, 0) is 67.8 Å². The summed E-state index contributed by atoms with van der Waals surface area (Å²) in [6, 6.07) is 40.2. The first kappa shape index (κ1) is 25.1. The van der Waals surface area contributed by atoms with E-state index in [1.165, 1.54) is 20.8 Å². The summed E-state index contributed by atoms with van der Waals surface area (Å²) in [5.41, 5.74) is 1.08. The summed E-state index contributed by atoms with van der Waals surface area (Å²) in [5, 5.41) is 4.29. The van der Waals surface area contributed by atoms with Gasteiger partial charge in [0.05, 0.1) is 17.3 Å². The Kier molecular flexibility index (Phi) is 7.92. The minimum Gasteiger partial charge on any atom is -0.274 e. The third-order valence-corrected chi connectivity index (χ3v) is 11.9. The lowest BCUT2D eigenvalue weighted by Gasteiger charge is -2.27. The number of carbonyl (C=O) groups is 2. The quantitative estimate of drug-likeness (QED) is 0.137. The second-order valence-corrected chi connectivity index (χ2v) is 13.2. The van der Waals surface area contributed by atoms with Gasteiger partial charge in [0.15, 0.2) is 0 Å². The first-order valence-corrected chi connectivity index (χ1v) is 15.2. The molecular formula is C33H33NO2P+. The number of carbonyl (C=O) groups excluding carboxylic acids is 2. The number of amides is 2. The van der Waals surface area contributed by atoms with E-state index in [1.807, 2.05) is 12.1 Å². The van der Waals surface area contributed by atoms with Gasteiger partial charge in [-0.25, -0.2) is 0 Å². The Morgan fingerprint density at radius 1 is 0.459 bits per heavy atom. The highest BCUT2D eigenvalue weighted by molar-refractivity contribution is 7.95. The summed E-state index contributed by atoms with van der Waals surface area (Å²) in [7, 11) is -1.77. The molecule has 0 atom stereocenters. The van der Waals surface area contributed by atoms with Gasteiger partial charge >= 0.3 is 0 Å². The number of rotatable bonds is 11. The maximum Gasteiger partial charge on any atom is 0.261 e. The molecule has 0 fully saturated rings. The molecule has 0 aromatic heterocycles. The van der Waals surface area contributed by atoms with Crippen molar-refractivity contribution >= 4 is 35.0 Å². The van der Waals surface area contributed by atoms with E-state index >= 15 is 0 Å². The minimum atomic E-state index is -1.77. The predicted octanol–water partition coefficient (Wildman–Crippen LogP) is 6.23. The molecule has 4 aromatic carbocycles. The molecule has 4 aromatic rings. The molecule has 0 bridgehead atoms. The number of benzene rings is 4. The fourth-order valence-corrected chi connectivity index (χ4v) is 9.88. The second kappa shape index (κ2) is 11.7. The van der Waals surface area contributed by atoms with E-state index in [0.29, 0.717) is 17.7 Å².